The molecular weight excluding hydrogens is 272 g/mol. The fourth-order valence-electron chi connectivity index (χ4n) is 3.68. The largest absolute Gasteiger partial charge is 0.481 e. The summed E-state index contributed by atoms with van der Waals surface area (Å²) in [5.41, 5.74) is 0.0205. The van der Waals surface area contributed by atoms with E-state index in [4.69, 9.17) is 4.74 Å². The normalized spacial score (nSPS) is 36.3. The second-order valence-corrected chi connectivity index (χ2v) is 5.75. The van der Waals surface area contributed by atoms with Crippen molar-refractivity contribution in [2.75, 3.05) is 6.54 Å². The van der Waals surface area contributed by atoms with Gasteiger partial charge in [-0.1, -0.05) is 18.2 Å². The van der Waals surface area contributed by atoms with Crippen LogP contribution in [0.3, 0.4) is 0 Å². The van der Waals surface area contributed by atoms with Gasteiger partial charge in [0.15, 0.2) is 0 Å². The van der Waals surface area contributed by atoms with E-state index in [0.29, 0.717) is 13.1 Å². The quantitative estimate of drug-likeness (QED) is 0.816. The van der Waals surface area contributed by atoms with Gasteiger partial charge >= 0.3 is 5.97 Å². The van der Waals surface area contributed by atoms with Crippen LogP contribution >= 0.6 is 0 Å². The van der Waals surface area contributed by atoms with Crippen LogP contribution < -0.4 is 0 Å². The fourth-order valence-corrected chi connectivity index (χ4v) is 3.68. The Kier molecular flexibility index (Phi) is 2.47. The molecule has 3 aliphatic heterocycles. The molecule has 0 radical (unpaired) electrons. The molecule has 4 heterocycles. The minimum atomic E-state index is -0.968. The summed E-state index contributed by atoms with van der Waals surface area (Å²) in [4.78, 5) is 29.9. The first-order valence-corrected chi connectivity index (χ1v) is 6.89. The molecule has 0 saturated carbocycles. The number of carbonyl (C=O) groups is 2. The minimum absolute atomic E-state index is 0.153. The lowest BCUT2D eigenvalue weighted by Gasteiger charge is -2.21. The zero-order valence-corrected chi connectivity index (χ0v) is 11.2. The highest BCUT2D eigenvalue weighted by Gasteiger charge is 2.66. The maximum Gasteiger partial charge on any atom is 0.310 e. The molecule has 2 bridgehead atoms. The summed E-state index contributed by atoms with van der Waals surface area (Å²) in [5.74, 6) is -2.52. The van der Waals surface area contributed by atoms with E-state index >= 15 is 0 Å². The molecule has 1 aromatic rings. The number of carboxylic acids is 1. The van der Waals surface area contributed by atoms with E-state index in [0.717, 1.165) is 5.69 Å². The van der Waals surface area contributed by atoms with Crippen molar-refractivity contribution in [3.63, 3.8) is 0 Å². The number of hydrogen-bond donors (Lipinski definition) is 1. The number of pyridine rings is 1. The molecule has 0 aliphatic carbocycles. The standard InChI is InChI=1S/C15H14N2O4/c18-13-12-11(14(19)20)10-4-5-15(12,21-10)8-17(13)7-9-3-1-2-6-16-9/h1-6,10-12H,7-8H2,(H,19,20)/t10-,11-,12+,15+/m1/s1. The summed E-state index contributed by atoms with van der Waals surface area (Å²) in [6.45, 7) is 0.774. The van der Waals surface area contributed by atoms with Crippen LogP contribution in [0.4, 0.5) is 0 Å². The van der Waals surface area contributed by atoms with Gasteiger partial charge in [0.1, 0.15) is 11.5 Å². The van der Waals surface area contributed by atoms with E-state index in [-0.39, 0.29) is 5.91 Å². The number of fused-ring (bicyclic) bond motifs is 1. The summed E-state index contributed by atoms with van der Waals surface area (Å²) < 4.78 is 5.82. The van der Waals surface area contributed by atoms with Gasteiger partial charge in [-0.05, 0) is 12.1 Å². The van der Waals surface area contributed by atoms with Crippen molar-refractivity contribution in [2.45, 2.75) is 18.2 Å². The van der Waals surface area contributed by atoms with Crippen LogP contribution in [0.1, 0.15) is 5.69 Å². The molecule has 4 rings (SSSR count). The lowest BCUT2D eigenvalue weighted by molar-refractivity contribution is -0.148. The van der Waals surface area contributed by atoms with Crippen LogP contribution in [0.2, 0.25) is 0 Å². The molecule has 3 aliphatic rings. The monoisotopic (exact) mass is 286 g/mol. The van der Waals surface area contributed by atoms with E-state index in [9.17, 15) is 14.7 Å². The van der Waals surface area contributed by atoms with E-state index in [1.54, 1.807) is 17.2 Å². The Bertz CT molecular complexity index is 644. The van der Waals surface area contributed by atoms with Crippen LogP contribution in [0.15, 0.2) is 36.5 Å². The zero-order chi connectivity index (χ0) is 14.6. The third-order valence-corrected chi connectivity index (χ3v) is 4.54. The van der Waals surface area contributed by atoms with Gasteiger partial charge in [-0.15, -0.1) is 0 Å². The number of aromatic nitrogens is 1. The number of rotatable bonds is 3. The first kappa shape index (κ1) is 12.5. The Morgan fingerprint density at radius 3 is 3.10 bits per heavy atom. The lowest BCUT2D eigenvalue weighted by Crippen LogP contribution is -2.39. The summed E-state index contributed by atoms with van der Waals surface area (Å²) in [5, 5.41) is 9.38. The summed E-state index contributed by atoms with van der Waals surface area (Å²) >= 11 is 0. The average Bonchev–Trinajstić information content (AvgIpc) is 3.09. The Labute approximate surface area is 121 Å². The molecule has 1 N–H and O–H groups in total. The van der Waals surface area contributed by atoms with Gasteiger partial charge in [-0.3, -0.25) is 14.6 Å². The predicted octanol–water partition coefficient (Wildman–Crippen LogP) is 0.448. The number of aliphatic carboxylic acids is 1. The number of carboxylic acid groups (broad SMARTS) is 1. The molecule has 0 unspecified atom stereocenters. The maximum absolute atomic E-state index is 12.6. The van der Waals surface area contributed by atoms with Gasteiger partial charge < -0.3 is 14.7 Å². The van der Waals surface area contributed by atoms with Gasteiger partial charge in [-0.2, -0.15) is 0 Å². The van der Waals surface area contributed by atoms with Gasteiger partial charge in [0.05, 0.1) is 30.8 Å². The maximum atomic E-state index is 12.6. The van der Waals surface area contributed by atoms with Crippen LogP contribution in [0.25, 0.3) is 0 Å². The third kappa shape index (κ3) is 1.65. The molecule has 1 aromatic heterocycles. The molecule has 1 spiro atoms. The fraction of sp³-hybridized carbons (Fsp3) is 0.400. The van der Waals surface area contributed by atoms with Crippen molar-refractivity contribution in [3.05, 3.63) is 42.2 Å². The Hall–Kier alpha value is -2.21. The highest BCUT2D eigenvalue weighted by Crippen LogP contribution is 2.51. The SMILES string of the molecule is O=C(O)[C@H]1[C@H]2C(=O)N(Cc3ccccn3)C[C@@]23C=C[C@H]1O3. The number of amides is 1. The number of hydrogen-bond acceptors (Lipinski definition) is 4. The van der Waals surface area contributed by atoms with Gasteiger partial charge in [0, 0.05) is 6.20 Å². The van der Waals surface area contributed by atoms with E-state index in [2.05, 4.69) is 4.98 Å². The topological polar surface area (TPSA) is 79.7 Å². The van der Waals surface area contributed by atoms with E-state index in [1.807, 2.05) is 24.3 Å². The Morgan fingerprint density at radius 2 is 2.38 bits per heavy atom. The van der Waals surface area contributed by atoms with Gasteiger partial charge in [0.25, 0.3) is 0 Å². The summed E-state index contributed by atoms with van der Waals surface area (Å²) in [6.07, 6.45) is 4.83. The molecule has 2 saturated heterocycles. The number of likely N-dealkylation sites (tertiary alicyclic amines) is 1. The molecular formula is C15H14N2O4. The van der Waals surface area contributed by atoms with Crippen LogP contribution in [-0.2, 0) is 20.9 Å². The van der Waals surface area contributed by atoms with E-state index in [1.165, 1.54) is 0 Å². The number of ether oxygens (including phenoxy) is 1. The molecule has 2 fully saturated rings. The lowest BCUT2D eigenvalue weighted by atomic mass is 9.77. The molecule has 4 atom stereocenters. The van der Waals surface area contributed by atoms with Gasteiger partial charge in [0.2, 0.25) is 5.91 Å². The number of nitrogens with zero attached hydrogens (tertiary/aromatic N) is 2. The Balaban J connectivity index is 1.63. The Morgan fingerprint density at radius 1 is 1.52 bits per heavy atom. The van der Waals surface area contributed by atoms with Crippen LogP contribution in [0.5, 0.6) is 0 Å². The van der Waals surface area contributed by atoms with Crippen LogP contribution in [-0.4, -0.2) is 45.1 Å². The van der Waals surface area contributed by atoms with Crippen molar-refractivity contribution < 1.29 is 19.4 Å². The second kappa shape index (κ2) is 4.14. The van der Waals surface area contributed by atoms with Crippen molar-refractivity contribution >= 4 is 11.9 Å². The molecule has 108 valence electrons. The molecule has 0 aromatic carbocycles. The molecule has 6 heteroatoms. The average molecular weight is 286 g/mol. The second-order valence-electron chi connectivity index (χ2n) is 5.75. The van der Waals surface area contributed by atoms with Crippen molar-refractivity contribution in [1.82, 2.24) is 9.88 Å². The third-order valence-electron chi connectivity index (χ3n) is 4.54. The zero-order valence-electron chi connectivity index (χ0n) is 11.2. The van der Waals surface area contributed by atoms with Crippen LogP contribution in [0, 0.1) is 11.8 Å². The van der Waals surface area contributed by atoms with Crippen molar-refractivity contribution in [3.8, 4) is 0 Å². The first-order valence-electron chi connectivity index (χ1n) is 6.89. The minimum Gasteiger partial charge on any atom is -0.481 e. The molecule has 21 heavy (non-hydrogen) atoms. The first-order chi connectivity index (χ1) is 10.1. The van der Waals surface area contributed by atoms with Gasteiger partial charge in [-0.25, -0.2) is 0 Å². The highest BCUT2D eigenvalue weighted by atomic mass is 16.5. The number of carbonyl (C=O) groups excluding carboxylic acids is 1. The predicted molar refractivity (Wildman–Crippen MR) is 71.0 cm³/mol. The van der Waals surface area contributed by atoms with Crippen molar-refractivity contribution in [1.29, 1.82) is 0 Å². The smallest absolute Gasteiger partial charge is 0.310 e. The molecule has 6 nitrogen and oxygen atoms in total. The summed E-state index contributed by atoms with van der Waals surface area (Å²) in [7, 11) is 0. The molecule has 1 amide bonds. The van der Waals surface area contributed by atoms with E-state index < -0.39 is 29.5 Å². The summed E-state index contributed by atoms with van der Waals surface area (Å²) in [6, 6.07) is 5.53. The highest BCUT2D eigenvalue weighted by molar-refractivity contribution is 5.90. The van der Waals surface area contributed by atoms with Crippen molar-refractivity contribution in [2.24, 2.45) is 11.8 Å².